The smallest absolute Gasteiger partial charge is 0.251 e. The zero-order valence-corrected chi connectivity index (χ0v) is 19.9. The molecule has 33 heavy (non-hydrogen) atoms. The van der Waals surface area contributed by atoms with Crippen molar-refractivity contribution in [2.45, 2.75) is 59.1 Å². The molecule has 178 valence electrons. The van der Waals surface area contributed by atoms with E-state index in [0.717, 1.165) is 31.2 Å². The van der Waals surface area contributed by atoms with Gasteiger partial charge in [-0.1, -0.05) is 19.9 Å². The van der Waals surface area contributed by atoms with Crippen molar-refractivity contribution >= 4 is 11.8 Å². The lowest BCUT2D eigenvalue weighted by molar-refractivity contribution is -0.136. The first-order valence-corrected chi connectivity index (χ1v) is 11.9. The third-order valence-corrected chi connectivity index (χ3v) is 6.10. The number of pyridine rings is 1. The van der Waals surface area contributed by atoms with Gasteiger partial charge in [0.15, 0.2) is 11.5 Å². The van der Waals surface area contributed by atoms with Crippen LogP contribution >= 0.6 is 0 Å². The lowest BCUT2D eigenvalue weighted by atomic mass is 9.98. The zero-order chi connectivity index (χ0) is 23.6. The lowest BCUT2D eigenvalue weighted by Crippen LogP contribution is -2.48. The van der Waals surface area contributed by atoms with Crippen LogP contribution in [0.1, 0.15) is 62.4 Å². The van der Waals surface area contributed by atoms with Crippen molar-refractivity contribution in [3.05, 3.63) is 53.9 Å². The molecule has 3 rings (SSSR count). The van der Waals surface area contributed by atoms with Gasteiger partial charge in [-0.15, -0.1) is 0 Å². The SMILES string of the molecule is CCOc1cc(C(=O)NC2CCN(C(=O)C(CC)CC)CC2)ccc1OCc1cccnc1. The summed E-state index contributed by atoms with van der Waals surface area (Å²) in [5, 5.41) is 3.12. The molecule has 1 aliphatic rings. The Labute approximate surface area is 196 Å². The Morgan fingerprint density at radius 2 is 1.85 bits per heavy atom. The number of nitrogens with zero attached hydrogens (tertiary/aromatic N) is 2. The molecule has 0 aliphatic carbocycles. The summed E-state index contributed by atoms with van der Waals surface area (Å²) in [4.78, 5) is 31.5. The number of nitrogens with one attached hydrogen (secondary N) is 1. The second-order valence-corrected chi connectivity index (χ2v) is 8.33. The van der Waals surface area contributed by atoms with Gasteiger partial charge in [0.05, 0.1) is 6.61 Å². The van der Waals surface area contributed by atoms with Crippen LogP contribution in [0.25, 0.3) is 0 Å². The highest BCUT2D eigenvalue weighted by atomic mass is 16.5. The van der Waals surface area contributed by atoms with Gasteiger partial charge >= 0.3 is 0 Å². The molecule has 7 nitrogen and oxygen atoms in total. The van der Waals surface area contributed by atoms with E-state index in [-0.39, 0.29) is 23.8 Å². The summed E-state index contributed by atoms with van der Waals surface area (Å²) in [7, 11) is 0. The minimum absolute atomic E-state index is 0.0558. The van der Waals surface area contributed by atoms with Gasteiger partial charge < -0.3 is 19.7 Å². The van der Waals surface area contributed by atoms with Gasteiger partial charge in [0.1, 0.15) is 6.61 Å². The van der Waals surface area contributed by atoms with E-state index in [1.807, 2.05) is 24.0 Å². The van der Waals surface area contributed by atoms with E-state index < -0.39 is 0 Å². The van der Waals surface area contributed by atoms with Crippen molar-refractivity contribution < 1.29 is 19.1 Å². The van der Waals surface area contributed by atoms with Crippen LogP contribution in [0, 0.1) is 5.92 Å². The van der Waals surface area contributed by atoms with Gasteiger partial charge in [-0.05, 0) is 56.9 Å². The van der Waals surface area contributed by atoms with Crippen LogP contribution in [0.15, 0.2) is 42.7 Å². The molecule has 1 N–H and O–H groups in total. The van der Waals surface area contributed by atoms with Crippen molar-refractivity contribution in [2.24, 2.45) is 5.92 Å². The highest BCUT2D eigenvalue weighted by molar-refractivity contribution is 5.95. The second kappa shape index (κ2) is 12.2. The second-order valence-electron chi connectivity index (χ2n) is 8.33. The van der Waals surface area contributed by atoms with Gasteiger partial charge in [0, 0.05) is 48.6 Å². The molecule has 1 aromatic carbocycles. The number of rotatable bonds is 10. The van der Waals surface area contributed by atoms with E-state index in [1.54, 1.807) is 30.6 Å². The number of hydrogen-bond donors (Lipinski definition) is 1. The average Bonchev–Trinajstić information content (AvgIpc) is 2.85. The van der Waals surface area contributed by atoms with Crippen molar-refractivity contribution in [1.82, 2.24) is 15.2 Å². The highest BCUT2D eigenvalue weighted by Gasteiger charge is 2.27. The number of ether oxygens (including phenoxy) is 2. The maximum atomic E-state index is 12.9. The van der Waals surface area contributed by atoms with Crippen LogP contribution in [-0.2, 0) is 11.4 Å². The van der Waals surface area contributed by atoms with Gasteiger partial charge in [-0.3, -0.25) is 14.6 Å². The maximum Gasteiger partial charge on any atom is 0.251 e. The zero-order valence-electron chi connectivity index (χ0n) is 19.9. The molecule has 2 heterocycles. The Morgan fingerprint density at radius 3 is 2.48 bits per heavy atom. The standard InChI is InChI=1S/C26H35N3O4/c1-4-20(5-2)26(31)29-14-11-22(12-15-29)28-25(30)21-9-10-23(24(16-21)32-6-3)33-18-19-8-7-13-27-17-19/h7-10,13,16-17,20,22H,4-6,11-12,14-15,18H2,1-3H3,(H,28,30). The first-order valence-electron chi connectivity index (χ1n) is 11.9. The summed E-state index contributed by atoms with van der Waals surface area (Å²) in [5.74, 6) is 1.34. The van der Waals surface area contributed by atoms with Crippen LogP contribution in [0.2, 0.25) is 0 Å². The largest absolute Gasteiger partial charge is 0.490 e. The molecule has 1 saturated heterocycles. The fourth-order valence-electron chi connectivity index (χ4n) is 4.09. The molecular weight excluding hydrogens is 418 g/mol. The number of benzene rings is 1. The predicted octanol–water partition coefficient (Wildman–Crippen LogP) is 4.22. The molecule has 2 amide bonds. The van der Waals surface area contributed by atoms with Crippen LogP contribution in [0.5, 0.6) is 11.5 Å². The average molecular weight is 454 g/mol. The molecule has 1 aliphatic heterocycles. The van der Waals surface area contributed by atoms with E-state index in [1.165, 1.54) is 0 Å². The minimum Gasteiger partial charge on any atom is -0.490 e. The number of carbonyl (C=O) groups excluding carboxylic acids is 2. The number of hydrogen-bond acceptors (Lipinski definition) is 5. The Morgan fingerprint density at radius 1 is 1.09 bits per heavy atom. The molecule has 0 unspecified atom stereocenters. The Balaban J connectivity index is 1.57. The fraction of sp³-hybridized carbons (Fsp3) is 0.500. The normalized spacial score (nSPS) is 14.2. The molecular formula is C26H35N3O4. The summed E-state index contributed by atoms with van der Waals surface area (Å²) < 4.78 is 11.6. The van der Waals surface area contributed by atoms with Crippen LogP contribution in [0.4, 0.5) is 0 Å². The molecule has 1 fully saturated rings. The summed E-state index contributed by atoms with van der Waals surface area (Å²) in [5.41, 5.74) is 1.48. The minimum atomic E-state index is -0.139. The van der Waals surface area contributed by atoms with E-state index in [0.29, 0.717) is 43.4 Å². The Kier molecular flexibility index (Phi) is 9.10. The first kappa shape index (κ1) is 24.6. The quantitative estimate of drug-likeness (QED) is 0.583. The summed E-state index contributed by atoms with van der Waals surface area (Å²) in [6.07, 6.45) is 6.75. The Hall–Kier alpha value is -3.09. The number of carbonyl (C=O) groups is 2. The maximum absolute atomic E-state index is 12.9. The van der Waals surface area contributed by atoms with Gasteiger partial charge in [-0.25, -0.2) is 0 Å². The van der Waals surface area contributed by atoms with E-state index in [2.05, 4.69) is 24.1 Å². The number of aromatic nitrogens is 1. The van der Waals surface area contributed by atoms with Crippen molar-refractivity contribution in [2.75, 3.05) is 19.7 Å². The third kappa shape index (κ3) is 6.70. The number of piperidine rings is 1. The van der Waals surface area contributed by atoms with E-state index >= 15 is 0 Å². The molecule has 1 aromatic heterocycles. The van der Waals surface area contributed by atoms with Crippen LogP contribution in [-0.4, -0.2) is 47.4 Å². The number of likely N-dealkylation sites (tertiary alicyclic amines) is 1. The van der Waals surface area contributed by atoms with E-state index in [4.69, 9.17) is 9.47 Å². The van der Waals surface area contributed by atoms with Crippen LogP contribution < -0.4 is 14.8 Å². The molecule has 0 radical (unpaired) electrons. The monoisotopic (exact) mass is 453 g/mol. The van der Waals surface area contributed by atoms with Crippen molar-refractivity contribution in [3.8, 4) is 11.5 Å². The lowest BCUT2D eigenvalue weighted by Gasteiger charge is -2.34. The topological polar surface area (TPSA) is 80.8 Å². The molecule has 0 saturated carbocycles. The van der Waals surface area contributed by atoms with Gasteiger partial charge in [0.25, 0.3) is 5.91 Å². The molecule has 0 atom stereocenters. The Bertz CT molecular complexity index is 907. The first-order chi connectivity index (χ1) is 16.0. The number of amides is 2. The summed E-state index contributed by atoms with van der Waals surface area (Å²) in [6, 6.07) is 9.11. The summed E-state index contributed by atoms with van der Waals surface area (Å²) in [6.45, 7) is 8.23. The molecule has 0 bridgehead atoms. The third-order valence-electron chi connectivity index (χ3n) is 6.10. The van der Waals surface area contributed by atoms with E-state index in [9.17, 15) is 9.59 Å². The fourth-order valence-corrected chi connectivity index (χ4v) is 4.09. The van der Waals surface area contributed by atoms with Crippen molar-refractivity contribution in [1.29, 1.82) is 0 Å². The summed E-state index contributed by atoms with van der Waals surface area (Å²) >= 11 is 0. The van der Waals surface area contributed by atoms with Gasteiger partial charge in [-0.2, -0.15) is 0 Å². The molecule has 0 spiro atoms. The van der Waals surface area contributed by atoms with Crippen molar-refractivity contribution in [3.63, 3.8) is 0 Å². The predicted molar refractivity (Wildman–Crippen MR) is 127 cm³/mol. The molecule has 7 heteroatoms. The molecule has 2 aromatic rings. The van der Waals surface area contributed by atoms with Crippen LogP contribution in [0.3, 0.4) is 0 Å². The van der Waals surface area contributed by atoms with Gasteiger partial charge in [0.2, 0.25) is 5.91 Å². The highest BCUT2D eigenvalue weighted by Crippen LogP contribution is 2.29.